The molecule has 0 radical (unpaired) electrons. The van der Waals surface area contributed by atoms with Gasteiger partial charge in [-0.3, -0.25) is 14.4 Å². The minimum Gasteiger partial charge on any atom is -0.373 e. The van der Waals surface area contributed by atoms with Crippen LogP contribution in [0.4, 0.5) is 17.6 Å². The zero-order chi connectivity index (χ0) is 25.4. The van der Waals surface area contributed by atoms with Crippen molar-refractivity contribution in [3.8, 4) is 0 Å². The molecular formula is C23H28F4N2O4Si. The summed E-state index contributed by atoms with van der Waals surface area (Å²) in [5.41, 5.74) is -0.549. The first-order valence-corrected chi connectivity index (χ1v) is 14.5. The third kappa shape index (κ3) is 5.68. The molecule has 1 atom stereocenters. The summed E-state index contributed by atoms with van der Waals surface area (Å²) in [6.45, 7) is 5.40. The summed E-state index contributed by atoms with van der Waals surface area (Å²) in [5.74, 6) is -6.53. The van der Waals surface area contributed by atoms with Crippen LogP contribution in [0.2, 0.25) is 19.6 Å². The number of Topliss-reactive ketones (excluding diaryl/α,β-unsaturated/α-hetero) is 1. The molecule has 0 saturated heterocycles. The first kappa shape index (κ1) is 25.9. The van der Waals surface area contributed by atoms with Crippen molar-refractivity contribution in [2.45, 2.75) is 63.7 Å². The Morgan fingerprint density at radius 3 is 2.18 bits per heavy atom. The lowest BCUT2D eigenvalue weighted by atomic mass is 9.79. The largest absolute Gasteiger partial charge is 0.373 e. The number of ketones is 1. The third-order valence-corrected chi connectivity index (χ3v) is 8.22. The Bertz CT molecular complexity index is 1110. The predicted octanol–water partition coefficient (Wildman–Crippen LogP) is 3.87. The fourth-order valence-electron chi connectivity index (χ4n) is 4.61. The molecule has 1 aliphatic rings. The lowest BCUT2D eigenvalue weighted by molar-refractivity contribution is -0.126. The molecule has 6 nitrogen and oxygen atoms in total. The number of nitrogens with zero attached hydrogens (tertiary/aromatic N) is 1. The highest BCUT2D eigenvalue weighted by atomic mass is 28.3. The Morgan fingerprint density at radius 1 is 1.15 bits per heavy atom. The van der Waals surface area contributed by atoms with Gasteiger partial charge in [0.05, 0.1) is 20.2 Å². The van der Waals surface area contributed by atoms with Gasteiger partial charge in [0.15, 0.2) is 5.78 Å². The van der Waals surface area contributed by atoms with Gasteiger partial charge in [-0.2, -0.15) is 5.16 Å². The van der Waals surface area contributed by atoms with E-state index in [1.807, 2.05) is 5.16 Å². The maximum Gasteiger partial charge on any atom is 0.292 e. The molecule has 186 valence electrons. The number of carbonyl (C=O) groups excluding carboxylic acids is 2. The number of aromatic amines is 1. The minimum absolute atomic E-state index is 0.00457. The van der Waals surface area contributed by atoms with E-state index < -0.39 is 67.7 Å². The molecule has 0 spiro atoms. The topological polar surface area (TPSA) is 83.4 Å². The van der Waals surface area contributed by atoms with Gasteiger partial charge in [0, 0.05) is 31.5 Å². The van der Waals surface area contributed by atoms with E-state index in [0.717, 1.165) is 23.1 Å². The van der Waals surface area contributed by atoms with Gasteiger partial charge in [-0.1, -0.05) is 19.6 Å². The van der Waals surface area contributed by atoms with Crippen molar-refractivity contribution in [2.75, 3.05) is 7.05 Å². The molecule has 1 amide bonds. The van der Waals surface area contributed by atoms with Gasteiger partial charge in [-0.05, 0) is 36.5 Å². The van der Waals surface area contributed by atoms with E-state index >= 15 is 0 Å². The summed E-state index contributed by atoms with van der Waals surface area (Å²) in [4.78, 5) is 38.6. The van der Waals surface area contributed by atoms with Crippen LogP contribution in [0.3, 0.4) is 0 Å². The van der Waals surface area contributed by atoms with Gasteiger partial charge in [0.2, 0.25) is 11.7 Å². The number of carbonyl (C=O) groups is 2. The van der Waals surface area contributed by atoms with E-state index in [2.05, 4.69) is 0 Å². The average Bonchev–Trinajstić information content (AvgIpc) is 3.13. The van der Waals surface area contributed by atoms with Crippen molar-refractivity contribution in [1.82, 2.24) is 10.1 Å². The van der Waals surface area contributed by atoms with Crippen molar-refractivity contribution >= 4 is 25.0 Å². The Balaban J connectivity index is 1.90. The molecular weight excluding hydrogens is 472 g/mol. The standard InChI is InChI=1S/C23H28F4N2O4Si/c1-29(22(32)18-12-19(31)28-33-18)20(14-5-7-23(26,27)8-6-14)17(30)11-13-9-15(24)21(16(25)10-13)34(2,3)4/h9-10,12,14,20H,5-8,11H2,1-4H3,(H,28,31). The van der Waals surface area contributed by atoms with Crippen molar-refractivity contribution in [1.29, 1.82) is 0 Å². The van der Waals surface area contributed by atoms with Crippen molar-refractivity contribution in [2.24, 2.45) is 5.92 Å². The molecule has 1 heterocycles. The number of halogens is 4. The molecule has 1 unspecified atom stereocenters. The quantitative estimate of drug-likeness (QED) is 0.462. The molecule has 1 aliphatic carbocycles. The van der Waals surface area contributed by atoms with Crippen LogP contribution in [-0.4, -0.2) is 48.8 Å². The Kier molecular flexibility index (Phi) is 7.25. The Morgan fingerprint density at radius 2 is 1.71 bits per heavy atom. The second-order valence-corrected chi connectivity index (χ2v) is 15.0. The average molecular weight is 501 g/mol. The Hall–Kier alpha value is -2.69. The lowest BCUT2D eigenvalue weighted by Crippen LogP contribution is -2.49. The summed E-state index contributed by atoms with van der Waals surface area (Å²) < 4.78 is 61.7. The number of hydrogen-bond donors (Lipinski definition) is 1. The fourth-order valence-corrected chi connectivity index (χ4v) is 6.19. The SMILES string of the molecule is CN(C(=O)c1cc(=O)[nH]o1)C(C(=O)Cc1cc(F)c([Si](C)(C)C)c(F)c1)C1CCC(F)(F)CC1. The molecule has 1 aromatic heterocycles. The van der Waals surface area contributed by atoms with Crippen LogP contribution < -0.4 is 10.7 Å². The van der Waals surface area contributed by atoms with Gasteiger partial charge in [-0.15, -0.1) is 0 Å². The first-order chi connectivity index (χ1) is 15.7. The molecule has 3 rings (SSSR count). The molecule has 11 heteroatoms. The van der Waals surface area contributed by atoms with E-state index in [4.69, 9.17) is 4.52 Å². The van der Waals surface area contributed by atoms with Crippen LogP contribution in [0.1, 0.15) is 41.8 Å². The van der Waals surface area contributed by atoms with Gasteiger partial charge in [-0.25, -0.2) is 17.6 Å². The monoisotopic (exact) mass is 500 g/mol. The van der Waals surface area contributed by atoms with E-state index in [1.54, 1.807) is 19.6 Å². The van der Waals surface area contributed by atoms with E-state index in [-0.39, 0.29) is 35.8 Å². The zero-order valence-corrected chi connectivity index (χ0v) is 20.5. The summed E-state index contributed by atoms with van der Waals surface area (Å²) in [6, 6.07) is 2.03. The number of alkyl halides is 2. The first-order valence-electron chi connectivity index (χ1n) is 11.0. The number of likely N-dealkylation sites (N-methyl/N-ethyl adjacent to an activating group) is 1. The maximum atomic E-state index is 14.7. The van der Waals surface area contributed by atoms with Crippen LogP contribution in [0, 0.1) is 17.6 Å². The number of rotatable bonds is 7. The molecule has 0 aliphatic heterocycles. The van der Waals surface area contributed by atoms with Crippen molar-refractivity contribution in [3.05, 3.63) is 51.5 Å². The van der Waals surface area contributed by atoms with Gasteiger partial charge in [0.1, 0.15) is 11.6 Å². The van der Waals surface area contributed by atoms with Gasteiger partial charge < -0.3 is 9.42 Å². The molecule has 34 heavy (non-hydrogen) atoms. The summed E-state index contributed by atoms with van der Waals surface area (Å²) in [6.07, 6.45) is -1.26. The van der Waals surface area contributed by atoms with Gasteiger partial charge in [0.25, 0.3) is 11.5 Å². The van der Waals surface area contributed by atoms with Crippen LogP contribution in [0.15, 0.2) is 27.5 Å². The normalized spacial score (nSPS) is 17.4. The number of hydrogen-bond acceptors (Lipinski definition) is 4. The predicted molar refractivity (Wildman–Crippen MR) is 120 cm³/mol. The summed E-state index contributed by atoms with van der Waals surface area (Å²) in [5, 5.41) is 2.02. The van der Waals surface area contributed by atoms with Crippen LogP contribution in [0.25, 0.3) is 0 Å². The molecule has 1 fully saturated rings. The number of benzene rings is 1. The number of aromatic nitrogens is 1. The maximum absolute atomic E-state index is 14.7. The molecule has 2 aromatic rings. The molecule has 1 N–H and O–H groups in total. The molecule has 0 bridgehead atoms. The highest BCUT2D eigenvalue weighted by Crippen LogP contribution is 2.39. The number of amides is 1. The van der Waals surface area contributed by atoms with E-state index in [0.29, 0.717) is 0 Å². The van der Waals surface area contributed by atoms with Crippen molar-refractivity contribution < 1.29 is 31.7 Å². The zero-order valence-electron chi connectivity index (χ0n) is 19.5. The van der Waals surface area contributed by atoms with E-state index in [9.17, 15) is 31.9 Å². The molecule has 1 aromatic carbocycles. The second-order valence-electron chi connectivity index (χ2n) is 9.96. The van der Waals surface area contributed by atoms with Gasteiger partial charge >= 0.3 is 0 Å². The van der Waals surface area contributed by atoms with Crippen molar-refractivity contribution in [3.63, 3.8) is 0 Å². The van der Waals surface area contributed by atoms with Crippen LogP contribution >= 0.6 is 0 Å². The number of H-pyrrole nitrogens is 1. The third-order valence-electron chi connectivity index (χ3n) is 6.24. The fraction of sp³-hybridized carbons (Fsp3) is 0.522. The highest BCUT2D eigenvalue weighted by molar-refractivity contribution is 6.88. The number of nitrogens with one attached hydrogen (secondary N) is 1. The summed E-state index contributed by atoms with van der Waals surface area (Å²) in [7, 11) is -0.994. The summed E-state index contributed by atoms with van der Waals surface area (Å²) >= 11 is 0. The lowest BCUT2D eigenvalue weighted by Gasteiger charge is -2.37. The second kappa shape index (κ2) is 9.51. The van der Waals surface area contributed by atoms with E-state index in [1.165, 1.54) is 7.05 Å². The Labute approximate surface area is 195 Å². The highest BCUT2D eigenvalue weighted by Gasteiger charge is 2.42. The van der Waals surface area contributed by atoms with Crippen LogP contribution in [0.5, 0.6) is 0 Å². The molecule has 1 saturated carbocycles. The smallest absolute Gasteiger partial charge is 0.292 e. The van der Waals surface area contributed by atoms with Crippen LogP contribution in [-0.2, 0) is 11.2 Å². The minimum atomic E-state index is -2.85.